The number of fused-ring (bicyclic) bond motifs is 1. The largest absolute Gasteiger partial charge is 0.450 e. The first-order chi connectivity index (χ1) is 12.1. The molecule has 0 saturated carbocycles. The topological polar surface area (TPSA) is 62.7 Å². The zero-order valence-electron chi connectivity index (χ0n) is 14.6. The molecule has 1 unspecified atom stereocenters. The first-order valence-corrected chi connectivity index (χ1v) is 9.41. The van der Waals surface area contributed by atoms with Crippen LogP contribution in [0.25, 0.3) is 10.2 Å². The van der Waals surface area contributed by atoms with Gasteiger partial charge in [-0.2, -0.15) is 0 Å². The number of carbonyl (C=O) groups excluding carboxylic acids is 2. The van der Waals surface area contributed by atoms with Crippen molar-refractivity contribution in [2.24, 2.45) is 5.92 Å². The molecule has 0 radical (unpaired) electrons. The van der Waals surface area contributed by atoms with E-state index in [0.29, 0.717) is 26.2 Å². The first-order valence-electron chi connectivity index (χ1n) is 8.59. The number of carbonyl (C=O) groups is 2. The minimum Gasteiger partial charge on any atom is -0.450 e. The van der Waals surface area contributed by atoms with Crippen LogP contribution in [-0.4, -0.2) is 53.5 Å². The van der Waals surface area contributed by atoms with Crippen LogP contribution < -0.4 is 0 Å². The highest BCUT2D eigenvalue weighted by Gasteiger charge is 2.31. The Morgan fingerprint density at radius 1 is 1.40 bits per heavy atom. The number of ether oxygens (including phenoxy) is 1. The average molecular weight is 361 g/mol. The molecule has 6 nitrogen and oxygen atoms in total. The van der Waals surface area contributed by atoms with E-state index in [2.05, 4.69) is 4.98 Å². The van der Waals surface area contributed by atoms with Crippen LogP contribution in [0, 0.1) is 5.92 Å². The summed E-state index contributed by atoms with van der Waals surface area (Å²) in [5.41, 5.74) is 0.967. The third-order valence-corrected chi connectivity index (χ3v) is 5.40. The Hall–Kier alpha value is -2.15. The number of thiazole rings is 1. The normalized spacial score (nSPS) is 17.5. The van der Waals surface area contributed by atoms with Gasteiger partial charge in [0.2, 0.25) is 5.91 Å². The van der Waals surface area contributed by atoms with Gasteiger partial charge in [-0.3, -0.25) is 4.79 Å². The number of hydrogen-bond acceptors (Lipinski definition) is 5. The zero-order chi connectivity index (χ0) is 17.8. The molecule has 0 bridgehead atoms. The molecule has 2 aromatic rings. The van der Waals surface area contributed by atoms with Gasteiger partial charge in [-0.1, -0.05) is 12.1 Å². The van der Waals surface area contributed by atoms with Crippen molar-refractivity contribution < 1.29 is 14.3 Å². The van der Waals surface area contributed by atoms with Gasteiger partial charge in [0.15, 0.2) is 0 Å². The van der Waals surface area contributed by atoms with Crippen LogP contribution in [0.4, 0.5) is 4.79 Å². The molecule has 2 amide bonds. The number of nitrogens with zero attached hydrogens (tertiary/aromatic N) is 3. The molecular weight excluding hydrogens is 338 g/mol. The van der Waals surface area contributed by atoms with Gasteiger partial charge >= 0.3 is 6.09 Å². The Labute approximate surface area is 151 Å². The summed E-state index contributed by atoms with van der Waals surface area (Å²) >= 11 is 1.61. The predicted molar refractivity (Wildman–Crippen MR) is 97.4 cm³/mol. The van der Waals surface area contributed by atoms with E-state index in [9.17, 15) is 9.59 Å². The number of likely N-dealkylation sites (tertiary alicyclic amines) is 1. The van der Waals surface area contributed by atoms with Crippen molar-refractivity contribution in [1.29, 1.82) is 0 Å². The van der Waals surface area contributed by atoms with Crippen molar-refractivity contribution >= 4 is 33.6 Å². The summed E-state index contributed by atoms with van der Waals surface area (Å²) in [6, 6.07) is 7.98. The van der Waals surface area contributed by atoms with Gasteiger partial charge in [-0.05, 0) is 31.9 Å². The lowest BCUT2D eigenvalue weighted by molar-refractivity contribution is -0.136. The highest BCUT2D eigenvalue weighted by Crippen LogP contribution is 2.24. The van der Waals surface area contributed by atoms with Crippen LogP contribution >= 0.6 is 11.3 Å². The average Bonchev–Trinajstić information content (AvgIpc) is 3.03. The van der Waals surface area contributed by atoms with Crippen LogP contribution in [0.3, 0.4) is 0 Å². The summed E-state index contributed by atoms with van der Waals surface area (Å²) in [5.74, 6) is -0.106. The number of benzene rings is 1. The van der Waals surface area contributed by atoms with E-state index in [1.165, 1.54) is 0 Å². The van der Waals surface area contributed by atoms with Crippen molar-refractivity contribution in [2.45, 2.75) is 26.3 Å². The Morgan fingerprint density at radius 2 is 2.20 bits per heavy atom. The molecule has 0 N–H and O–H groups in total. The zero-order valence-corrected chi connectivity index (χ0v) is 15.4. The summed E-state index contributed by atoms with van der Waals surface area (Å²) < 4.78 is 6.18. The summed E-state index contributed by atoms with van der Waals surface area (Å²) in [7, 11) is 1.80. The number of para-hydroxylation sites is 1. The minimum atomic E-state index is -0.325. The van der Waals surface area contributed by atoms with E-state index in [1.807, 2.05) is 24.3 Å². The van der Waals surface area contributed by atoms with E-state index in [1.54, 1.807) is 35.1 Å². The summed E-state index contributed by atoms with van der Waals surface area (Å²) in [4.78, 5) is 32.6. The summed E-state index contributed by atoms with van der Waals surface area (Å²) in [6.45, 7) is 3.72. The lowest BCUT2D eigenvalue weighted by Crippen LogP contribution is -2.45. The summed E-state index contributed by atoms with van der Waals surface area (Å²) in [6.07, 6.45) is 1.30. The molecular formula is C18H23N3O3S. The Morgan fingerprint density at radius 3 is 2.96 bits per heavy atom. The SMILES string of the molecule is CCOC(=O)N1CCCC(C(=O)N(C)Cc2nc3ccccc3s2)C1. The maximum absolute atomic E-state index is 12.8. The van der Waals surface area contributed by atoms with Crippen LogP contribution in [0.1, 0.15) is 24.8 Å². The van der Waals surface area contributed by atoms with Crippen LogP contribution in [0.15, 0.2) is 24.3 Å². The second kappa shape index (κ2) is 7.82. The highest BCUT2D eigenvalue weighted by molar-refractivity contribution is 7.18. The Bertz CT molecular complexity index is 728. The monoisotopic (exact) mass is 361 g/mol. The van der Waals surface area contributed by atoms with Crippen LogP contribution in [0.2, 0.25) is 0 Å². The molecule has 1 fully saturated rings. The molecule has 0 aliphatic carbocycles. The number of piperidine rings is 1. The molecule has 3 rings (SSSR count). The van der Waals surface area contributed by atoms with Gasteiger partial charge in [-0.15, -0.1) is 11.3 Å². The highest BCUT2D eigenvalue weighted by atomic mass is 32.1. The number of amides is 2. The molecule has 134 valence electrons. The smallest absolute Gasteiger partial charge is 0.409 e. The molecule has 1 aromatic carbocycles. The lowest BCUT2D eigenvalue weighted by Gasteiger charge is -2.33. The molecule has 1 aliphatic rings. The number of rotatable bonds is 4. The van der Waals surface area contributed by atoms with Crippen molar-refractivity contribution in [3.63, 3.8) is 0 Å². The van der Waals surface area contributed by atoms with E-state index in [4.69, 9.17) is 4.74 Å². The fourth-order valence-corrected chi connectivity index (χ4v) is 4.16. The molecule has 7 heteroatoms. The lowest BCUT2D eigenvalue weighted by atomic mass is 9.97. The maximum atomic E-state index is 12.8. The molecule has 25 heavy (non-hydrogen) atoms. The number of aromatic nitrogens is 1. The first kappa shape index (κ1) is 17.7. The quantitative estimate of drug-likeness (QED) is 0.839. The van der Waals surface area contributed by atoms with Gasteiger partial charge in [0.1, 0.15) is 5.01 Å². The van der Waals surface area contributed by atoms with Crippen molar-refractivity contribution in [1.82, 2.24) is 14.8 Å². The van der Waals surface area contributed by atoms with E-state index in [0.717, 1.165) is 28.1 Å². The van der Waals surface area contributed by atoms with Gasteiger partial charge in [0.05, 0.1) is 29.3 Å². The van der Waals surface area contributed by atoms with Crippen LogP contribution in [0.5, 0.6) is 0 Å². The second-order valence-corrected chi connectivity index (χ2v) is 7.37. The Balaban J connectivity index is 1.62. The fraction of sp³-hybridized carbons (Fsp3) is 0.500. The van der Waals surface area contributed by atoms with E-state index >= 15 is 0 Å². The molecule has 1 atom stereocenters. The molecule has 1 aromatic heterocycles. The molecule has 2 heterocycles. The number of hydrogen-bond donors (Lipinski definition) is 0. The van der Waals surface area contributed by atoms with Gasteiger partial charge < -0.3 is 14.5 Å². The molecule has 1 saturated heterocycles. The maximum Gasteiger partial charge on any atom is 0.409 e. The fourth-order valence-electron chi connectivity index (χ4n) is 3.14. The molecule has 0 spiro atoms. The van der Waals surface area contributed by atoms with Gasteiger partial charge in [-0.25, -0.2) is 9.78 Å². The molecule has 1 aliphatic heterocycles. The summed E-state index contributed by atoms with van der Waals surface area (Å²) in [5, 5.41) is 0.926. The van der Waals surface area contributed by atoms with Crippen molar-refractivity contribution in [2.75, 3.05) is 26.7 Å². The van der Waals surface area contributed by atoms with Crippen LogP contribution in [-0.2, 0) is 16.1 Å². The standard InChI is InChI=1S/C18H23N3O3S/c1-3-24-18(23)21-10-6-7-13(11-21)17(22)20(2)12-16-19-14-8-4-5-9-15(14)25-16/h4-5,8-9,13H,3,6-7,10-12H2,1-2H3. The second-order valence-electron chi connectivity index (χ2n) is 6.25. The van der Waals surface area contributed by atoms with Crippen molar-refractivity contribution in [3.8, 4) is 0 Å². The third-order valence-electron chi connectivity index (χ3n) is 4.38. The van der Waals surface area contributed by atoms with E-state index in [-0.39, 0.29) is 17.9 Å². The third kappa shape index (κ3) is 4.10. The van der Waals surface area contributed by atoms with E-state index < -0.39 is 0 Å². The predicted octanol–water partition coefficient (Wildman–Crippen LogP) is 3.12. The Kier molecular flexibility index (Phi) is 5.53. The van der Waals surface area contributed by atoms with Crippen molar-refractivity contribution in [3.05, 3.63) is 29.3 Å². The minimum absolute atomic E-state index is 0.0632. The van der Waals surface area contributed by atoms with Gasteiger partial charge in [0, 0.05) is 20.1 Å². The van der Waals surface area contributed by atoms with Gasteiger partial charge in [0.25, 0.3) is 0 Å².